The van der Waals surface area contributed by atoms with Gasteiger partial charge in [0.15, 0.2) is 5.82 Å². The van der Waals surface area contributed by atoms with Gasteiger partial charge in [0.1, 0.15) is 5.69 Å². The number of anilines is 1. The molecular weight excluding hydrogens is 236 g/mol. The highest BCUT2D eigenvalue weighted by Crippen LogP contribution is 2.25. The van der Waals surface area contributed by atoms with E-state index >= 15 is 0 Å². The summed E-state index contributed by atoms with van der Waals surface area (Å²) in [6, 6.07) is 17.8. The number of rotatable bonds is 2. The van der Waals surface area contributed by atoms with Gasteiger partial charge in [-0.05, 0) is 18.6 Å². The normalized spacial score (nSPS) is 10.6. The molecule has 0 aliphatic carbocycles. The molecule has 2 aromatic carbocycles. The SMILES string of the molecule is Cc1ccccc1-n1nnc(-c2ccccc2)c1N. The average molecular weight is 250 g/mol. The summed E-state index contributed by atoms with van der Waals surface area (Å²) in [6.45, 7) is 2.03. The minimum atomic E-state index is 0.556. The van der Waals surface area contributed by atoms with Gasteiger partial charge in [0.25, 0.3) is 0 Å². The van der Waals surface area contributed by atoms with Crippen LogP contribution in [0, 0.1) is 6.92 Å². The molecular formula is C15H14N4. The van der Waals surface area contributed by atoms with Crippen LogP contribution >= 0.6 is 0 Å². The lowest BCUT2D eigenvalue weighted by molar-refractivity contribution is 0.806. The van der Waals surface area contributed by atoms with Crippen LogP contribution in [0.5, 0.6) is 0 Å². The van der Waals surface area contributed by atoms with Crippen LogP contribution in [0.25, 0.3) is 16.9 Å². The van der Waals surface area contributed by atoms with Gasteiger partial charge in [0.05, 0.1) is 5.69 Å². The predicted octanol–water partition coefficient (Wildman–Crippen LogP) is 2.82. The molecule has 94 valence electrons. The lowest BCUT2D eigenvalue weighted by Crippen LogP contribution is -2.03. The molecule has 0 aliphatic heterocycles. The van der Waals surface area contributed by atoms with E-state index in [2.05, 4.69) is 10.3 Å². The zero-order chi connectivity index (χ0) is 13.2. The summed E-state index contributed by atoms with van der Waals surface area (Å²) in [5.41, 5.74) is 9.92. The van der Waals surface area contributed by atoms with E-state index in [-0.39, 0.29) is 0 Å². The Labute approximate surface area is 111 Å². The van der Waals surface area contributed by atoms with E-state index in [4.69, 9.17) is 5.73 Å². The van der Waals surface area contributed by atoms with Crippen molar-refractivity contribution in [2.45, 2.75) is 6.92 Å². The number of nitrogens with two attached hydrogens (primary N) is 1. The number of hydrogen-bond donors (Lipinski definition) is 1. The first-order valence-corrected chi connectivity index (χ1v) is 6.10. The van der Waals surface area contributed by atoms with Gasteiger partial charge in [0.2, 0.25) is 0 Å². The van der Waals surface area contributed by atoms with Crippen LogP contribution in [-0.2, 0) is 0 Å². The Bertz CT molecular complexity index is 701. The maximum absolute atomic E-state index is 6.17. The van der Waals surface area contributed by atoms with Gasteiger partial charge < -0.3 is 5.73 Å². The molecule has 0 saturated heterocycles. The quantitative estimate of drug-likeness (QED) is 0.760. The van der Waals surface area contributed by atoms with Gasteiger partial charge in [-0.3, -0.25) is 0 Å². The van der Waals surface area contributed by atoms with Crippen molar-refractivity contribution >= 4 is 5.82 Å². The fraction of sp³-hybridized carbons (Fsp3) is 0.0667. The maximum atomic E-state index is 6.17. The third-order valence-electron chi connectivity index (χ3n) is 3.10. The lowest BCUT2D eigenvalue weighted by Gasteiger charge is -2.06. The summed E-state index contributed by atoms with van der Waals surface area (Å²) in [7, 11) is 0. The first-order chi connectivity index (χ1) is 9.27. The number of para-hydroxylation sites is 1. The Balaban J connectivity index is 2.12. The fourth-order valence-corrected chi connectivity index (χ4v) is 2.07. The average Bonchev–Trinajstić information content (AvgIpc) is 2.82. The highest BCUT2D eigenvalue weighted by Gasteiger charge is 2.13. The van der Waals surface area contributed by atoms with Crippen molar-refractivity contribution in [3.63, 3.8) is 0 Å². The van der Waals surface area contributed by atoms with Crippen LogP contribution in [0.15, 0.2) is 54.6 Å². The van der Waals surface area contributed by atoms with Crippen LogP contribution < -0.4 is 5.73 Å². The van der Waals surface area contributed by atoms with Gasteiger partial charge >= 0.3 is 0 Å². The van der Waals surface area contributed by atoms with Gasteiger partial charge in [-0.25, -0.2) is 0 Å². The first-order valence-electron chi connectivity index (χ1n) is 6.10. The summed E-state index contributed by atoms with van der Waals surface area (Å²) < 4.78 is 1.68. The highest BCUT2D eigenvalue weighted by atomic mass is 15.5. The molecule has 0 spiro atoms. The van der Waals surface area contributed by atoms with Crippen molar-refractivity contribution in [2.24, 2.45) is 0 Å². The molecule has 0 bridgehead atoms. The molecule has 4 nitrogen and oxygen atoms in total. The lowest BCUT2D eigenvalue weighted by atomic mass is 10.1. The van der Waals surface area contributed by atoms with Gasteiger partial charge in [-0.1, -0.05) is 53.7 Å². The largest absolute Gasteiger partial charge is 0.382 e. The summed E-state index contributed by atoms with van der Waals surface area (Å²) >= 11 is 0. The second-order valence-electron chi connectivity index (χ2n) is 4.39. The second-order valence-corrected chi connectivity index (χ2v) is 4.39. The molecule has 3 aromatic rings. The Morgan fingerprint density at radius 3 is 2.37 bits per heavy atom. The number of nitrogen functional groups attached to an aromatic ring is 1. The van der Waals surface area contributed by atoms with E-state index in [0.717, 1.165) is 16.8 Å². The summed E-state index contributed by atoms with van der Waals surface area (Å²) in [6.07, 6.45) is 0. The molecule has 1 heterocycles. The molecule has 0 atom stereocenters. The zero-order valence-corrected chi connectivity index (χ0v) is 10.6. The van der Waals surface area contributed by atoms with Crippen molar-refractivity contribution < 1.29 is 0 Å². The van der Waals surface area contributed by atoms with Crippen LogP contribution in [-0.4, -0.2) is 15.0 Å². The Hall–Kier alpha value is -2.62. The monoisotopic (exact) mass is 250 g/mol. The van der Waals surface area contributed by atoms with E-state index in [1.54, 1.807) is 4.68 Å². The van der Waals surface area contributed by atoms with E-state index in [1.807, 2.05) is 61.5 Å². The Morgan fingerprint density at radius 2 is 1.63 bits per heavy atom. The van der Waals surface area contributed by atoms with E-state index in [9.17, 15) is 0 Å². The molecule has 0 radical (unpaired) electrons. The minimum Gasteiger partial charge on any atom is -0.382 e. The molecule has 0 unspecified atom stereocenters. The molecule has 0 fully saturated rings. The maximum Gasteiger partial charge on any atom is 0.155 e. The second kappa shape index (κ2) is 4.57. The predicted molar refractivity (Wildman–Crippen MR) is 75.9 cm³/mol. The van der Waals surface area contributed by atoms with E-state index in [0.29, 0.717) is 11.5 Å². The molecule has 4 heteroatoms. The van der Waals surface area contributed by atoms with Crippen LogP contribution in [0.4, 0.5) is 5.82 Å². The number of aromatic nitrogens is 3. The van der Waals surface area contributed by atoms with Crippen LogP contribution in [0.3, 0.4) is 0 Å². The molecule has 3 rings (SSSR count). The molecule has 2 N–H and O–H groups in total. The van der Waals surface area contributed by atoms with Crippen molar-refractivity contribution in [3.8, 4) is 16.9 Å². The Kier molecular flexibility index (Phi) is 2.76. The van der Waals surface area contributed by atoms with E-state index in [1.165, 1.54) is 0 Å². The number of hydrogen-bond acceptors (Lipinski definition) is 3. The van der Waals surface area contributed by atoms with Crippen molar-refractivity contribution in [3.05, 3.63) is 60.2 Å². The number of nitrogens with zero attached hydrogens (tertiary/aromatic N) is 3. The van der Waals surface area contributed by atoms with Crippen LogP contribution in [0.1, 0.15) is 5.56 Å². The molecule has 0 saturated carbocycles. The zero-order valence-electron chi connectivity index (χ0n) is 10.6. The Morgan fingerprint density at radius 1 is 0.947 bits per heavy atom. The van der Waals surface area contributed by atoms with Gasteiger partial charge in [0, 0.05) is 5.56 Å². The topological polar surface area (TPSA) is 56.7 Å². The molecule has 19 heavy (non-hydrogen) atoms. The smallest absolute Gasteiger partial charge is 0.155 e. The minimum absolute atomic E-state index is 0.556. The molecule has 0 amide bonds. The van der Waals surface area contributed by atoms with Crippen LogP contribution in [0.2, 0.25) is 0 Å². The highest BCUT2D eigenvalue weighted by molar-refractivity contribution is 5.71. The molecule has 0 aliphatic rings. The summed E-state index contributed by atoms with van der Waals surface area (Å²) in [4.78, 5) is 0. The van der Waals surface area contributed by atoms with Crippen molar-refractivity contribution in [1.82, 2.24) is 15.0 Å². The van der Waals surface area contributed by atoms with Gasteiger partial charge in [-0.15, -0.1) is 5.10 Å². The van der Waals surface area contributed by atoms with Crippen molar-refractivity contribution in [2.75, 3.05) is 5.73 Å². The third kappa shape index (κ3) is 1.97. The van der Waals surface area contributed by atoms with Gasteiger partial charge in [-0.2, -0.15) is 4.68 Å². The number of benzene rings is 2. The fourth-order valence-electron chi connectivity index (χ4n) is 2.07. The summed E-state index contributed by atoms with van der Waals surface area (Å²) in [5, 5.41) is 8.36. The summed E-state index contributed by atoms with van der Waals surface area (Å²) in [5.74, 6) is 0.556. The van der Waals surface area contributed by atoms with E-state index < -0.39 is 0 Å². The standard InChI is InChI=1S/C15H14N4/c1-11-7-5-6-10-13(11)19-15(16)14(17-18-19)12-8-3-2-4-9-12/h2-10H,16H2,1H3. The molecule has 1 aromatic heterocycles. The third-order valence-corrected chi connectivity index (χ3v) is 3.10. The van der Waals surface area contributed by atoms with Crippen molar-refractivity contribution in [1.29, 1.82) is 0 Å². The number of aryl methyl sites for hydroxylation is 1. The first kappa shape index (κ1) is 11.5.